The van der Waals surface area contributed by atoms with Gasteiger partial charge in [0.15, 0.2) is 5.76 Å². The number of hydrogen-bond acceptors (Lipinski definition) is 6. The second kappa shape index (κ2) is 8.17. The van der Waals surface area contributed by atoms with Crippen molar-refractivity contribution in [2.75, 3.05) is 7.11 Å². The van der Waals surface area contributed by atoms with Gasteiger partial charge in [0.2, 0.25) is 11.8 Å². The Hall–Kier alpha value is -3.16. The average molecular weight is 438 g/mol. The molecule has 0 unspecified atom stereocenters. The first kappa shape index (κ1) is 19.8. The van der Waals surface area contributed by atoms with E-state index in [2.05, 4.69) is 10.2 Å². The number of carbonyl (C=O) groups excluding carboxylic acids is 1. The van der Waals surface area contributed by atoms with Crippen LogP contribution in [-0.4, -0.2) is 34.2 Å². The van der Waals surface area contributed by atoms with Gasteiger partial charge in [-0.25, -0.2) is 0 Å². The first-order chi connectivity index (χ1) is 15.1. The molecule has 158 valence electrons. The second-order valence-electron chi connectivity index (χ2n) is 7.51. The first-order valence-corrected chi connectivity index (χ1v) is 10.4. The number of rotatable bonds is 7. The molecule has 1 amide bonds. The fraction of sp³-hybridized carbons (Fsp3) is 0.261. The van der Waals surface area contributed by atoms with Gasteiger partial charge in [0.25, 0.3) is 5.91 Å². The van der Waals surface area contributed by atoms with E-state index in [4.69, 9.17) is 25.2 Å². The third-order valence-corrected chi connectivity index (χ3v) is 5.55. The van der Waals surface area contributed by atoms with Crippen LogP contribution in [0, 0.1) is 0 Å². The van der Waals surface area contributed by atoms with Crippen LogP contribution >= 0.6 is 11.6 Å². The quantitative estimate of drug-likeness (QED) is 0.400. The summed E-state index contributed by atoms with van der Waals surface area (Å²) in [5, 5.41) is 9.78. The van der Waals surface area contributed by atoms with Gasteiger partial charge < -0.3 is 18.5 Å². The van der Waals surface area contributed by atoms with Crippen LogP contribution in [0.2, 0.25) is 5.02 Å². The van der Waals surface area contributed by atoms with Crippen molar-refractivity contribution in [3.63, 3.8) is 0 Å². The van der Waals surface area contributed by atoms with Crippen LogP contribution in [0.1, 0.15) is 34.9 Å². The summed E-state index contributed by atoms with van der Waals surface area (Å²) in [5.74, 6) is 0.859. The lowest BCUT2D eigenvalue weighted by molar-refractivity contribution is 0.0678. The number of benzene rings is 2. The molecule has 0 bridgehead atoms. The standard InChI is InChI=1S/C23H20ClN3O4/c1-29-13-18-17-4-2-3-5-19(17)30-21(18)23(28)27(16-10-11-16)12-20-25-26-22(31-20)14-6-8-15(24)9-7-14/h2-9,16H,10-13H2,1H3. The molecular formula is C23H20ClN3O4. The number of carbonyl (C=O) groups is 1. The predicted octanol–water partition coefficient (Wildman–Crippen LogP) is 5.09. The lowest BCUT2D eigenvalue weighted by Gasteiger charge is -2.19. The Morgan fingerprint density at radius 3 is 2.65 bits per heavy atom. The fourth-order valence-electron chi connectivity index (χ4n) is 3.61. The van der Waals surface area contributed by atoms with Crippen molar-refractivity contribution in [2.45, 2.75) is 32.0 Å². The lowest BCUT2D eigenvalue weighted by atomic mass is 10.1. The Balaban J connectivity index is 1.43. The van der Waals surface area contributed by atoms with Crippen molar-refractivity contribution in [1.29, 1.82) is 0 Å². The number of hydrogen-bond donors (Lipinski definition) is 0. The SMILES string of the molecule is COCc1c(C(=O)N(Cc2nnc(-c3ccc(Cl)cc3)o2)C2CC2)oc2ccccc12. The minimum absolute atomic E-state index is 0.127. The number of methoxy groups -OCH3 is 1. The highest BCUT2D eigenvalue weighted by Crippen LogP contribution is 2.33. The summed E-state index contributed by atoms with van der Waals surface area (Å²) in [7, 11) is 1.60. The van der Waals surface area contributed by atoms with E-state index in [1.807, 2.05) is 36.4 Å². The molecule has 0 atom stereocenters. The summed E-state index contributed by atoms with van der Waals surface area (Å²) < 4.78 is 17.1. The van der Waals surface area contributed by atoms with Gasteiger partial charge in [0, 0.05) is 34.7 Å². The zero-order valence-corrected chi connectivity index (χ0v) is 17.6. The molecule has 31 heavy (non-hydrogen) atoms. The normalized spacial score (nSPS) is 13.6. The summed E-state index contributed by atoms with van der Waals surface area (Å²) >= 11 is 5.94. The van der Waals surface area contributed by atoms with Gasteiger partial charge in [-0.05, 0) is 43.2 Å². The maximum absolute atomic E-state index is 13.5. The second-order valence-corrected chi connectivity index (χ2v) is 7.95. The molecule has 5 rings (SSSR count). The molecule has 0 N–H and O–H groups in total. The Morgan fingerprint density at radius 2 is 1.90 bits per heavy atom. The number of fused-ring (bicyclic) bond motifs is 1. The molecule has 8 heteroatoms. The number of furan rings is 1. The lowest BCUT2D eigenvalue weighted by Crippen LogP contribution is -2.33. The van der Waals surface area contributed by atoms with E-state index in [9.17, 15) is 4.79 Å². The zero-order valence-electron chi connectivity index (χ0n) is 16.9. The van der Waals surface area contributed by atoms with Gasteiger partial charge in [-0.3, -0.25) is 4.79 Å². The molecule has 2 aromatic carbocycles. The first-order valence-electron chi connectivity index (χ1n) is 10.0. The van der Waals surface area contributed by atoms with Crippen molar-refractivity contribution in [3.8, 4) is 11.5 Å². The van der Waals surface area contributed by atoms with E-state index in [-0.39, 0.29) is 25.1 Å². The van der Waals surface area contributed by atoms with E-state index in [0.717, 1.165) is 29.4 Å². The molecule has 2 aromatic heterocycles. The molecule has 2 heterocycles. The van der Waals surface area contributed by atoms with Crippen LogP contribution in [0.15, 0.2) is 57.4 Å². The Labute approximate surface area is 183 Å². The van der Waals surface area contributed by atoms with E-state index >= 15 is 0 Å². The number of ether oxygens (including phenoxy) is 1. The van der Waals surface area contributed by atoms with E-state index in [1.165, 1.54) is 0 Å². The third kappa shape index (κ3) is 3.94. The van der Waals surface area contributed by atoms with Gasteiger partial charge >= 0.3 is 0 Å². The maximum atomic E-state index is 13.5. The smallest absolute Gasteiger partial charge is 0.290 e. The molecule has 0 radical (unpaired) electrons. The highest BCUT2D eigenvalue weighted by molar-refractivity contribution is 6.30. The number of amides is 1. The van der Waals surface area contributed by atoms with Gasteiger partial charge in [-0.2, -0.15) is 0 Å². The van der Waals surface area contributed by atoms with Gasteiger partial charge in [0.1, 0.15) is 5.58 Å². The van der Waals surface area contributed by atoms with Gasteiger partial charge in [-0.1, -0.05) is 29.8 Å². The predicted molar refractivity (Wildman–Crippen MR) is 115 cm³/mol. The van der Waals surface area contributed by atoms with E-state index in [1.54, 1.807) is 24.1 Å². The van der Waals surface area contributed by atoms with Crippen LogP contribution in [0.5, 0.6) is 0 Å². The molecule has 4 aromatic rings. The molecule has 7 nitrogen and oxygen atoms in total. The average Bonchev–Trinajstić information content (AvgIpc) is 3.41. The molecule has 0 saturated heterocycles. The van der Waals surface area contributed by atoms with E-state index < -0.39 is 0 Å². The van der Waals surface area contributed by atoms with Crippen LogP contribution < -0.4 is 0 Å². The molecule has 1 aliphatic carbocycles. The van der Waals surface area contributed by atoms with Crippen LogP contribution in [-0.2, 0) is 17.9 Å². The maximum Gasteiger partial charge on any atom is 0.290 e. The summed E-state index contributed by atoms with van der Waals surface area (Å²) in [5.41, 5.74) is 2.18. The summed E-state index contributed by atoms with van der Waals surface area (Å²) in [6, 6.07) is 14.9. The summed E-state index contributed by atoms with van der Waals surface area (Å²) in [6.45, 7) is 0.505. The number of aromatic nitrogens is 2. The molecule has 0 aliphatic heterocycles. The largest absolute Gasteiger partial charge is 0.451 e. The summed E-state index contributed by atoms with van der Waals surface area (Å²) in [6.07, 6.45) is 1.87. The van der Waals surface area contributed by atoms with Crippen LogP contribution in [0.3, 0.4) is 0 Å². The van der Waals surface area contributed by atoms with Crippen molar-refractivity contribution >= 4 is 28.5 Å². The zero-order chi connectivity index (χ0) is 21.4. The number of para-hydroxylation sites is 1. The minimum Gasteiger partial charge on any atom is -0.451 e. The van der Waals surface area contributed by atoms with Crippen molar-refractivity contribution in [1.82, 2.24) is 15.1 Å². The van der Waals surface area contributed by atoms with Crippen LogP contribution in [0.4, 0.5) is 0 Å². The monoisotopic (exact) mass is 437 g/mol. The van der Waals surface area contributed by atoms with Gasteiger partial charge in [-0.15, -0.1) is 10.2 Å². The Morgan fingerprint density at radius 1 is 1.13 bits per heavy atom. The van der Waals surface area contributed by atoms with Crippen molar-refractivity contribution in [2.24, 2.45) is 0 Å². The minimum atomic E-state index is -0.197. The molecule has 1 aliphatic rings. The number of nitrogens with zero attached hydrogens (tertiary/aromatic N) is 3. The highest BCUT2D eigenvalue weighted by atomic mass is 35.5. The molecule has 1 saturated carbocycles. The molecule has 1 fully saturated rings. The summed E-state index contributed by atoms with van der Waals surface area (Å²) in [4.78, 5) is 15.2. The number of halogens is 1. The highest BCUT2D eigenvalue weighted by Gasteiger charge is 2.37. The molecular weight excluding hydrogens is 418 g/mol. The molecule has 0 spiro atoms. The van der Waals surface area contributed by atoms with E-state index in [0.29, 0.717) is 28.1 Å². The van der Waals surface area contributed by atoms with Crippen LogP contribution in [0.25, 0.3) is 22.4 Å². The van der Waals surface area contributed by atoms with Gasteiger partial charge in [0.05, 0.1) is 13.2 Å². The Bertz CT molecular complexity index is 1230. The van der Waals surface area contributed by atoms with Crippen molar-refractivity contribution < 1.29 is 18.4 Å². The Kier molecular flexibility index (Phi) is 5.21. The topological polar surface area (TPSA) is 81.6 Å². The fourth-order valence-corrected chi connectivity index (χ4v) is 3.74. The van der Waals surface area contributed by atoms with Crippen molar-refractivity contribution in [3.05, 3.63) is 70.8 Å². The third-order valence-electron chi connectivity index (χ3n) is 5.29.